The Kier molecular flexibility index (Phi) is 3.46. The van der Waals surface area contributed by atoms with E-state index in [0.717, 1.165) is 0 Å². The van der Waals surface area contributed by atoms with Gasteiger partial charge in [0.15, 0.2) is 12.2 Å². The first kappa shape index (κ1) is 11.7. The molecule has 0 aliphatic carbocycles. The molecule has 0 aromatic heterocycles. The van der Waals surface area contributed by atoms with Gasteiger partial charge in [0.05, 0.1) is 0 Å². The average Bonchev–Trinajstić information content (AvgIpc) is 2.23. The zero-order valence-corrected chi connectivity index (χ0v) is 8.02. The summed E-state index contributed by atoms with van der Waals surface area (Å²) in [6, 6.07) is 0. The van der Waals surface area contributed by atoms with Gasteiger partial charge in [-0.3, -0.25) is 13.9 Å². The Morgan fingerprint density at radius 2 is 1.60 bits per heavy atom. The van der Waals surface area contributed by atoms with E-state index >= 15 is 0 Å². The van der Waals surface area contributed by atoms with Gasteiger partial charge in [-0.2, -0.15) is 0 Å². The molecule has 9 nitrogen and oxygen atoms in total. The van der Waals surface area contributed by atoms with Crippen molar-refractivity contribution in [1.29, 1.82) is 0 Å². The van der Waals surface area contributed by atoms with E-state index in [-0.39, 0.29) is 0 Å². The normalized spacial score (nSPS) is 33.0. The van der Waals surface area contributed by atoms with Gasteiger partial charge >= 0.3 is 21.1 Å². The maximum atomic E-state index is 10.8. The van der Waals surface area contributed by atoms with Crippen molar-refractivity contribution in [3.63, 3.8) is 0 Å². The summed E-state index contributed by atoms with van der Waals surface area (Å²) in [4.78, 5) is 25.3. The van der Waals surface area contributed by atoms with Crippen LogP contribution in [0.2, 0.25) is 0 Å². The summed E-state index contributed by atoms with van der Waals surface area (Å²) >= 11 is 0. The molecule has 1 saturated heterocycles. The molecule has 15 heavy (non-hydrogen) atoms. The highest BCUT2D eigenvalue weighted by Gasteiger charge is 2.41. The molecule has 0 aromatic carbocycles. The second-order valence-corrected chi connectivity index (χ2v) is 3.41. The van der Waals surface area contributed by atoms with Gasteiger partial charge in [-0.15, -0.1) is 0 Å². The van der Waals surface area contributed by atoms with E-state index in [1.807, 2.05) is 0 Å². The van der Waals surface area contributed by atoms with Gasteiger partial charge in [0.25, 0.3) is 0 Å². The molecule has 1 heterocycles. The van der Waals surface area contributed by atoms with Crippen LogP contribution in [0.4, 0.5) is 0 Å². The third-order valence-corrected chi connectivity index (χ3v) is 2.09. The van der Waals surface area contributed by atoms with E-state index in [9.17, 15) is 14.1 Å². The molecular formula is C5H6O9Si. The SMILES string of the molecule is O=C1OO[Si](=O)OC(=O)C(O)C(O)C1O. The van der Waals surface area contributed by atoms with Crippen molar-refractivity contribution in [2.24, 2.45) is 0 Å². The summed E-state index contributed by atoms with van der Waals surface area (Å²) in [5, 5.41) is 27.1. The molecule has 3 unspecified atom stereocenters. The molecule has 0 spiro atoms. The highest BCUT2D eigenvalue weighted by Crippen LogP contribution is 2.07. The van der Waals surface area contributed by atoms with Crippen LogP contribution in [0.3, 0.4) is 0 Å². The van der Waals surface area contributed by atoms with Crippen LogP contribution in [-0.2, 0) is 27.9 Å². The lowest BCUT2D eigenvalue weighted by molar-refractivity contribution is -0.236. The standard InChI is InChI=1S/C5H6O9Si/c6-1-2(7)4(9)12-14-15(11)13-5(10)3(1)8/h1-3,6-8H. The molecule has 1 rings (SSSR count). The van der Waals surface area contributed by atoms with E-state index in [2.05, 4.69) is 13.9 Å². The molecule has 84 valence electrons. The molecule has 0 saturated carbocycles. The fraction of sp³-hybridized carbons (Fsp3) is 0.600. The molecule has 0 radical (unpaired) electrons. The lowest BCUT2D eigenvalue weighted by Crippen LogP contribution is -2.46. The van der Waals surface area contributed by atoms with Crippen LogP contribution < -0.4 is 0 Å². The van der Waals surface area contributed by atoms with Gasteiger partial charge in [-0.25, -0.2) is 9.59 Å². The quantitative estimate of drug-likeness (QED) is 0.290. The van der Waals surface area contributed by atoms with Crippen LogP contribution in [0, 0.1) is 0 Å². The summed E-state index contributed by atoms with van der Waals surface area (Å²) in [6.07, 6.45) is -6.58. The molecule has 1 fully saturated rings. The van der Waals surface area contributed by atoms with E-state index in [1.165, 1.54) is 0 Å². The van der Waals surface area contributed by atoms with Crippen LogP contribution >= 0.6 is 0 Å². The van der Waals surface area contributed by atoms with Crippen LogP contribution in [0.15, 0.2) is 0 Å². The Morgan fingerprint density at radius 3 is 2.20 bits per heavy atom. The van der Waals surface area contributed by atoms with E-state index in [0.29, 0.717) is 0 Å². The Bertz CT molecular complexity index is 301. The minimum absolute atomic E-state index is 1.50. The summed E-state index contributed by atoms with van der Waals surface area (Å²) in [7, 11) is -3.46. The summed E-state index contributed by atoms with van der Waals surface area (Å²) in [5.41, 5.74) is 0. The van der Waals surface area contributed by atoms with E-state index < -0.39 is 39.4 Å². The Labute approximate surface area is 83.6 Å². The number of carbonyl (C=O) groups is 2. The number of hydrogen-bond donors (Lipinski definition) is 3. The minimum atomic E-state index is -3.46. The zero-order chi connectivity index (χ0) is 11.6. The van der Waals surface area contributed by atoms with Crippen molar-refractivity contribution >= 4 is 21.1 Å². The van der Waals surface area contributed by atoms with Crippen LogP contribution in [-0.4, -0.2) is 54.7 Å². The molecule has 1 aliphatic heterocycles. The molecule has 0 bridgehead atoms. The van der Waals surface area contributed by atoms with Crippen molar-refractivity contribution in [3.8, 4) is 0 Å². The van der Waals surface area contributed by atoms with Gasteiger partial charge in [-0.1, -0.05) is 0 Å². The topological polar surface area (TPSA) is 140 Å². The predicted octanol–water partition coefficient (Wildman–Crippen LogP) is -3.48. The lowest BCUT2D eigenvalue weighted by atomic mass is 10.1. The molecule has 1 aliphatic rings. The van der Waals surface area contributed by atoms with Crippen LogP contribution in [0.5, 0.6) is 0 Å². The van der Waals surface area contributed by atoms with Crippen LogP contribution in [0.1, 0.15) is 0 Å². The largest absolute Gasteiger partial charge is 0.818 e. The molecular weight excluding hydrogens is 232 g/mol. The fourth-order valence-corrected chi connectivity index (χ4v) is 1.20. The molecule has 3 atom stereocenters. The van der Waals surface area contributed by atoms with E-state index in [4.69, 9.17) is 15.3 Å². The molecule has 3 N–H and O–H groups in total. The van der Waals surface area contributed by atoms with Crippen LogP contribution in [0.25, 0.3) is 0 Å². The number of hydrogen-bond acceptors (Lipinski definition) is 9. The third kappa shape index (κ3) is 2.56. The van der Waals surface area contributed by atoms with Crippen molar-refractivity contribution in [1.82, 2.24) is 0 Å². The van der Waals surface area contributed by atoms with Gasteiger partial charge in [0.2, 0.25) is 0 Å². The predicted molar refractivity (Wildman–Crippen MR) is 37.7 cm³/mol. The molecule has 0 aromatic rings. The first-order valence-corrected chi connectivity index (χ1v) is 4.84. The lowest BCUT2D eigenvalue weighted by Gasteiger charge is -2.16. The number of rotatable bonds is 0. The summed E-state index contributed by atoms with van der Waals surface area (Å²) < 4.78 is 18.4. The third-order valence-electron chi connectivity index (χ3n) is 1.51. The molecule has 10 heteroatoms. The van der Waals surface area contributed by atoms with Gasteiger partial charge in [0, 0.05) is 0 Å². The maximum Gasteiger partial charge on any atom is 0.818 e. The second kappa shape index (κ2) is 4.44. The first-order valence-electron chi connectivity index (χ1n) is 3.61. The van der Waals surface area contributed by atoms with Crippen molar-refractivity contribution in [3.05, 3.63) is 0 Å². The number of carbonyl (C=O) groups excluding carboxylic acids is 2. The number of aliphatic hydroxyl groups is 3. The monoisotopic (exact) mass is 238 g/mol. The van der Waals surface area contributed by atoms with E-state index in [1.54, 1.807) is 0 Å². The average molecular weight is 238 g/mol. The first-order chi connectivity index (χ1) is 6.93. The zero-order valence-electron chi connectivity index (χ0n) is 7.02. The Morgan fingerprint density at radius 1 is 1.07 bits per heavy atom. The Hall–Kier alpha value is -1.36. The molecule has 0 amide bonds. The van der Waals surface area contributed by atoms with Crippen molar-refractivity contribution < 1.29 is 43.3 Å². The van der Waals surface area contributed by atoms with Gasteiger partial charge < -0.3 is 19.7 Å². The fourth-order valence-electron chi connectivity index (χ4n) is 0.735. The van der Waals surface area contributed by atoms with Crippen molar-refractivity contribution in [2.45, 2.75) is 18.3 Å². The van der Waals surface area contributed by atoms with Gasteiger partial charge in [-0.05, 0) is 0 Å². The minimum Gasteiger partial charge on any atom is -0.426 e. The summed E-state index contributed by atoms with van der Waals surface area (Å²) in [6.45, 7) is 0. The summed E-state index contributed by atoms with van der Waals surface area (Å²) in [5.74, 6) is -3.00. The maximum absolute atomic E-state index is 10.8. The Balaban J connectivity index is 2.89. The number of aliphatic hydroxyl groups excluding tert-OH is 3. The highest BCUT2D eigenvalue weighted by atomic mass is 28.3. The second-order valence-electron chi connectivity index (χ2n) is 2.54. The highest BCUT2D eigenvalue weighted by molar-refractivity contribution is 6.29. The smallest absolute Gasteiger partial charge is 0.426 e. The van der Waals surface area contributed by atoms with Crippen molar-refractivity contribution in [2.75, 3.05) is 0 Å². The van der Waals surface area contributed by atoms with Gasteiger partial charge in [0.1, 0.15) is 6.10 Å².